The van der Waals surface area contributed by atoms with Gasteiger partial charge >= 0.3 is 0 Å². The van der Waals surface area contributed by atoms with Crippen LogP contribution < -0.4 is 0 Å². The van der Waals surface area contributed by atoms with Crippen LogP contribution in [0.4, 0.5) is 0 Å². The van der Waals surface area contributed by atoms with Crippen molar-refractivity contribution in [3.05, 3.63) is 51.4 Å². The number of piperidine rings is 1. The molecule has 1 aliphatic rings. The third-order valence-electron chi connectivity index (χ3n) is 4.13. The minimum Gasteiger partial charge on any atom is -0.302 e. The van der Waals surface area contributed by atoms with Crippen LogP contribution in [0.25, 0.3) is 0 Å². The first-order chi connectivity index (χ1) is 10.7. The molecule has 1 saturated heterocycles. The van der Waals surface area contributed by atoms with E-state index >= 15 is 0 Å². The third kappa shape index (κ3) is 3.94. The fourth-order valence-corrected chi connectivity index (χ4v) is 3.83. The maximum atomic E-state index is 12.2. The maximum absolute atomic E-state index is 12.2. The Hall–Kier alpha value is -1.23. The summed E-state index contributed by atoms with van der Waals surface area (Å²) in [5, 5.41) is 3.94. The Labute approximate surface area is 139 Å². The van der Waals surface area contributed by atoms with E-state index in [0.717, 1.165) is 25.2 Å². The molecule has 0 bridgehead atoms. The first kappa shape index (κ1) is 15.7. The summed E-state index contributed by atoms with van der Waals surface area (Å²) in [5.74, 6) is 0.715. The van der Waals surface area contributed by atoms with E-state index in [1.54, 1.807) is 35.6 Å². The predicted octanol–water partition coefficient (Wildman–Crippen LogP) is 4.25. The lowest BCUT2D eigenvalue weighted by Crippen LogP contribution is -2.35. The highest BCUT2D eigenvalue weighted by atomic mass is 35.5. The Morgan fingerprint density at radius 2 is 2.18 bits per heavy atom. The van der Waals surface area contributed by atoms with Crippen LogP contribution in [0.2, 0.25) is 5.02 Å². The van der Waals surface area contributed by atoms with Gasteiger partial charge in [-0.3, -0.25) is 4.79 Å². The van der Waals surface area contributed by atoms with Crippen molar-refractivity contribution >= 4 is 28.7 Å². The topological polar surface area (TPSA) is 33.2 Å². The van der Waals surface area contributed by atoms with E-state index in [0.29, 0.717) is 17.4 Å². The Balaban J connectivity index is 1.52. The van der Waals surface area contributed by atoms with Gasteiger partial charge in [0.1, 0.15) is 0 Å². The van der Waals surface area contributed by atoms with E-state index in [4.69, 9.17) is 11.6 Å². The van der Waals surface area contributed by atoms with Gasteiger partial charge in [-0.05, 0) is 43.7 Å². The molecular formula is C17H19ClN2OS. The highest BCUT2D eigenvalue weighted by Crippen LogP contribution is 2.28. The van der Waals surface area contributed by atoms with Gasteiger partial charge in [0.05, 0.1) is 5.01 Å². The van der Waals surface area contributed by atoms with E-state index in [9.17, 15) is 4.79 Å². The molecule has 1 unspecified atom stereocenters. The van der Waals surface area contributed by atoms with Gasteiger partial charge in [-0.1, -0.05) is 11.6 Å². The van der Waals surface area contributed by atoms with Crippen LogP contribution in [0.3, 0.4) is 0 Å². The van der Waals surface area contributed by atoms with E-state index < -0.39 is 0 Å². The molecular weight excluding hydrogens is 316 g/mol. The molecule has 22 heavy (non-hydrogen) atoms. The fourth-order valence-electron chi connectivity index (χ4n) is 2.94. The van der Waals surface area contributed by atoms with Crippen LogP contribution in [-0.2, 0) is 0 Å². The normalized spacial score (nSPS) is 19.2. The molecule has 0 aliphatic carbocycles. The van der Waals surface area contributed by atoms with Gasteiger partial charge in [0.15, 0.2) is 5.78 Å². The zero-order valence-electron chi connectivity index (χ0n) is 12.4. The smallest absolute Gasteiger partial charge is 0.164 e. The van der Waals surface area contributed by atoms with E-state index in [2.05, 4.69) is 9.88 Å². The van der Waals surface area contributed by atoms with Crippen LogP contribution in [0.1, 0.15) is 40.5 Å². The molecule has 0 amide bonds. The summed E-state index contributed by atoms with van der Waals surface area (Å²) >= 11 is 7.59. The molecule has 0 radical (unpaired) electrons. The van der Waals surface area contributed by atoms with Gasteiger partial charge < -0.3 is 4.90 Å². The second-order valence-corrected chi connectivity index (χ2v) is 7.05. The molecule has 3 nitrogen and oxygen atoms in total. The van der Waals surface area contributed by atoms with Gasteiger partial charge in [0.25, 0.3) is 0 Å². The zero-order chi connectivity index (χ0) is 15.4. The van der Waals surface area contributed by atoms with Gasteiger partial charge in [-0.25, -0.2) is 4.98 Å². The van der Waals surface area contributed by atoms with Crippen LogP contribution >= 0.6 is 22.9 Å². The molecule has 2 aromatic rings. The second kappa shape index (κ2) is 7.36. The summed E-state index contributed by atoms with van der Waals surface area (Å²) in [4.78, 5) is 19.1. The van der Waals surface area contributed by atoms with Crippen molar-refractivity contribution in [2.75, 3.05) is 19.6 Å². The van der Waals surface area contributed by atoms with Crippen molar-refractivity contribution in [1.82, 2.24) is 9.88 Å². The monoisotopic (exact) mass is 334 g/mol. The maximum Gasteiger partial charge on any atom is 0.164 e. The number of likely N-dealkylation sites (tertiary alicyclic amines) is 1. The van der Waals surface area contributed by atoms with E-state index in [1.165, 1.54) is 17.8 Å². The SMILES string of the molecule is O=C(CCN1CCCC(c2nccs2)C1)c1ccc(Cl)cc1. The Kier molecular flexibility index (Phi) is 5.24. The molecule has 0 N–H and O–H groups in total. The van der Waals surface area contributed by atoms with Crippen LogP contribution in [-0.4, -0.2) is 35.3 Å². The fraction of sp³-hybridized carbons (Fsp3) is 0.412. The minimum atomic E-state index is 0.188. The molecule has 1 aliphatic heterocycles. The summed E-state index contributed by atoms with van der Waals surface area (Å²) in [7, 11) is 0. The largest absolute Gasteiger partial charge is 0.302 e. The van der Waals surface area contributed by atoms with Gasteiger partial charge in [0, 0.05) is 47.6 Å². The summed E-state index contributed by atoms with van der Waals surface area (Å²) in [6.07, 6.45) is 4.82. The molecule has 1 aromatic carbocycles. The van der Waals surface area contributed by atoms with Crippen molar-refractivity contribution < 1.29 is 4.79 Å². The number of halogens is 1. The number of carbonyl (C=O) groups is 1. The van der Waals surface area contributed by atoms with Gasteiger partial charge in [-0.15, -0.1) is 11.3 Å². The number of rotatable bonds is 5. The first-order valence-corrected chi connectivity index (χ1v) is 8.88. The molecule has 1 aromatic heterocycles. The molecule has 1 atom stereocenters. The van der Waals surface area contributed by atoms with Crippen molar-refractivity contribution in [3.8, 4) is 0 Å². The van der Waals surface area contributed by atoms with E-state index in [-0.39, 0.29) is 5.78 Å². The summed E-state index contributed by atoms with van der Waals surface area (Å²) in [6, 6.07) is 7.15. The van der Waals surface area contributed by atoms with Crippen LogP contribution in [0.15, 0.2) is 35.8 Å². The van der Waals surface area contributed by atoms with Crippen molar-refractivity contribution in [2.24, 2.45) is 0 Å². The first-order valence-electron chi connectivity index (χ1n) is 7.63. The number of nitrogens with zero attached hydrogens (tertiary/aromatic N) is 2. The van der Waals surface area contributed by atoms with Crippen LogP contribution in [0, 0.1) is 0 Å². The molecule has 2 heterocycles. The lowest BCUT2D eigenvalue weighted by Gasteiger charge is -2.31. The molecule has 5 heteroatoms. The number of benzene rings is 1. The highest BCUT2D eigenvalue weighted by molar-refractivity contribution is 7.09. The van der Waals surface area contributed by atoms with Crippen LogP contribution in [0.5, 0.6) is 0 Å². The summed E-state index contributed by atoms with van der Waals surface area (Å²) in [5.41, 5.74) is 0.748. The summed E-state index contributed by atoms with van der Waals surface area (Å²) < 4.78 is 0. The standard InChI is InChI=1S/C17H19ClN2OS/c18-15-5-3-13(4-6-15)16(21)7-10-20-9-1-2-14(12-20)17-19-8-11-22-17/h3-6,8,11,14H,1-2,7,9-10,12H2. The lowest BCUT2D eigenvalue weighted by molar-refractivity contribution is 0.0955. The number of hydrogen-bond acceptors (Lipinski definition) is 4. The average molecular weight is 335 g/mol. The number of thiazole rings is 1. The predicted molar refractivity (Wildman–Crippen MR) is 90.9 cm³/mol. The zero-order valence-corrected chi connectivity index (χ0v) is 13.9. The Morgan fingerprint density at radius 1 is 1.36 bits per heavy atom. The molecule has 0 saturated carbocycles. The summed E-state index contributed by atoms with van der Waals surface area (Å²) in [6.45, 7) is 2.92. The van der Waals surface area contributed by atoms with Crippen molar-refractivity contribution in [3.63, 3.8) is 0 Å². The van der Waals surface area contributed by atoms with Crippen molar-refractivity contribution in [2.45, 2.75) is 25.2 Å². The highest BCUT2D eigenvalue weighted by Gasteiger charge is 2.23. The third-order valence-corrected chi connectivity index (χ3v) is 5.32. The van der Waals surface area contributed by atoms with E-state index in [1.807, 2.05) is 11.6 Å². The average Bonchev–Trinajstić information content (AvgIpc) is 3.08. The number of aromatic nitrogens is 1. The number of Topliss-reactive ketones (excluding diaryl/α,β-unsaturated/α-hetero) is 1. The molecule has 0 spiro atoms. The number of hydrogen-bond donors (Lipinski definition) is 0. The Morgan fingerprint density at radius 3 is 2.91 bits per heavy atom. The second-order valence-electron chi connectivity index (χ2n) is 5.69. The molecule has 1 fully saturated rings. The number of ketones is 1. The molecule has 3 rings (SSSR count). The quantitative estimate of drug-likeness (QED) is 0.766. The minimum absolute atomic E-state index is 0.188. The van der Waals surface area contributed by atoms with Crippen molar-refractivity contribution in [1.29, 1.82) is 0 Å². The molecule has 116 valence electrons. The van der Waals surface area contributed by atoms with Gasteiger partial charge in [0.2, 0.25) is 0 Å². The Bertz CT molecular complexity index is 612. The lowest BCUT2D eigenvalue weighted by atomic mass is 9.98. The number of carbonyl (C=O) groups excluding carboxylic acids is 1. The van der Waals surface area contributed by atoms with Gasteiger partial charge in [-0.2, -0.15) is 0 Å².